The Labute approximate surface area is 115 Å². The Kier molecular flexibility index (Phi) is 3.63. The Balaban J connectivity index is 2.75. The van der Waals surface area contributed by atoms with Gasteiger partial charge in [0.25, 0.3) is 5.69 Å². The van der Waals surface area contributed by atoms with Crippen molar-refractivity contribution in [3.63, 3.8) is 0 Å². The van der Waals surface area contributed by atoms with Crippen molar-refractivity contribution in [3.05, 3.63) is 58.5 Å². The second kappa shape index (κ2) is 5.12. The molecule has 2 aromatic rings. The molecular formula is C13H8F5N2O+. The van der Waals surface area contributed by atoms with Gasteiger partial charge in [0, 0.05) is 12.1 Å². The standard InChI is InChI=1S/C13H8F5N2O/c14-10-2-1-3-11(15)12(10)7-4-8(13(16,17)18)6-9(5-7)20(19)21/h1-6H,(H2,19,21)/q+1. The number of nitrogens with two attached hydrogens (primary N) is 1. The molecule has 0 aliphatic rings. The molecule has 0 radical (unpaired) electrons. The minimum Gasteiger partial charge on any atom is -0.206 e. The first-order valence-electron chi connectivity index (χ1n) is 5.59. The van der Waals surface area contributed by atoms with Crippen molar-refractivity contribution < 1.29 is 26.8 Å². The Hall–Kier alpha value is -2.51. The average Bonchev–Trinajstić information content (AvgIpc) is 2.37. The van der Waals surface area contributed by atoms with Gasteiger partial charge in [-0.2, -0.15) is 19.0 Å². The monoisotopic (exact) mass is 303 g/mol. The van der Waals surface area contributed by atoms with Crippen LogP contribution in [0.1, 0.15) is 5.56 Å². The fraction of sp³-hybridized carbons (Fsp3) is 0.0769. The van der Waals surface area contributed by atoms with E-state index in [4.69, 9.17) is 5.84 Å². The van der Waals surface area contributed by atoms with Gasteiger partial charge in [-0.1, -0.05) is 6.07 Å². The van der Waals surface area contributed by atoms with Crippen molar-refractivity contribution in [2.75, 3.05) is 0 Å². The summed E-state index contributed by atoms with van der Waals surface area (Å²) >= 11 is 0. The molecule has 8 heteroatoms. The summed E-state index contributed by atoms with van der Waals surface area (Å²) in [5, 5.41) is 0. The summed E-state index contributed by atoms with van der Waals surface area (Å²) < 4.78 is 65.6. The molecule has 2 rings (SSSR count). The van der Waals surface area contributed by atoms with Crippen molar-refractivity contribution in [2.24, 2.45) is 5.84 Å². The number of benzene rings is 2. The molecule has 0 saturated heterocycles. The predicted molar refractivity (Wildman–Crippen MR) is 64.3 cm³/mol. The van der Waals surface area contributed by atoms with Gasteiger partial charge in [-0.15, -0.1) is 0 Å². The molecule has 21 heavy (non-hydrogen) atoms. The van der Waals surface area contributed by atoms with E-state index in [-0.39, 0.29) is 4.87 Å². The SMILES string of the molecule is N[N+](=O)c1cc(-c2c(F)cccc2F)cc(C(F)(F)F)c1. The molecule has 0 aliphatic carbocycles. The van der Waals surface area contributed by atoms with Gasteiger partial charge in [0.1, 0.15) is 11.6 Å². The van der Waals surface area contributed by atoms with Gasteiger partial charge in [0.05, 0.1) is 16.0 Å². The second-order valence-corrected chi connectivity index (χ2v) is 4.19. The number of alkyl halides is 3. The fourth-order valence-electron chi connectivity index (χ4n) is 1.82. The van der Waals surface area contributed by atoms with Gasteiger partial charge in [-0.05, 0) is 23.8 Å². The molecule has 0 unspecified atom stereocenters. The van der Waals surface area contributed by atoms with Crippen LogP contribution < -0.4 is 5.84 Å². The third-order valence-electron chi connectivity index (χ3n) is 2.75. The summed E-state index contributed by atoms with van der Waals surface area (Å²) in [6.07, 6.45) is -4.79. The molecule has 0 bridgehead atoms. The molecule has 2 N–H and O–H groups in total. The number of hydrogen-bond acceptors (Lipinski definition) is 1. The Morgan fingerprint density at radius 2 is 1.57 bits per heavy atom. The van der Waals surface area contributed by atoms with Crippen LogP contribution in [0.2, 0.25) is 0 Å². The lowest BCUT2D eigenvalue weighted by atomic mass is 10.0. The van der Waals surface area contributed by atoms with Gasteiger partial charge < -0.3 is 0 Å². The summed E-state index contributed by atoms with van der Waals surface area (Å²) in [6, 6.07) is 4.80. The average molecular weight is 303 g/mol. The van der Waals surface area contributed by atoms with Crippen LogP contribution in [0.15, 0.2) is 36.4 Å². The van der Waals surface area contributed by atoms with Gasteiger partial charge in [0.15, 0.2) is 4.87 Å². The van der Waals surface area contributed by atoms with Crippen LogP contribution >= 0.6 is 0 Å². The van der Waals surface area contributed by atoms with Gasteiger partial charge in [-0.3, -0.25) is 0 Å². The molecule has 2 aromatic carbocycles. The molecule has 0 fully saturated rings. The third-order valence-corrected chi connectivity index (χ3v) is 2.75. The molecule has 0 saturated carbocycles. The molecule has 0 atom stereocenters. The van der Waals surface area contributed by atoms with Gasteiger partial charge >= 0.3 is 6.18 Å². The molecule has 110 valence electrons. The Morgan fingerprint density at radius 3 is 2.05 bits per heavy atom. The molecule has 3 nitrogen and oxygen atoms in total. The summed E-state index contributed by atoms with van der Waals surface area (Å²) in [7, 11) is 0. The van der Waals surface area contributed by atoms with E-state index >= 15 is 0 Å². The van der Waals surface area contributed by atoms with Crippen LogP contribution in [-0.2, 0) is 6.18 Å². The highest BCUT2D eigenvalue weighted by molar-refractivity contribution is 5.68. The lowest BCUT2D eigenvalue weighted by molar-refractivity contribution is -0.474. The van der Waals surface area contributed by atoms with E-state index in [0.717, 1.165) is 24.3 Å². The zero-order valence-electron chi connectivity index (χ0n) is 10.3. The number of nitrogens with zero attached hydrogens (tertiary/aromatic N) is 1. The highest BCUT2D eigenvalue weighted by atomic mass is 19.4. The predicted octanol–water partition coefficient (Wildman–Crippen LogP) is 3.93. The van der Waals surface area contributed by atoms with E-state index in [1.54, 1.807) is 0 Å². The molecule has 0 aliphatic heterocycles. The van der Waals surface area contributed by atoms with Crippen LogP contribution in [0.5, 0.6) is 0 Å². The minimum atomic E-state index is -4.79. The van der Waals surface area contributed by atoms with E-state index in [0.29, 0.717) is 12.1 Å². The number of nitroso groups, excluding NO2 is 1. The zero-order chi connectivity index (χ0) is 15.8. The van der Waals surface area contributed by atoms with Crippen molar-refractivity contribution >= 4 is 5.69 Å². The molecule has 0 heterocycles. The zero-order valence-corrected chi connectivity index (χ0v) is 10.3. The van der Waals surface area contributed by atoms with Crippen LogP contribution in [0.25, 0.3) is 11.1 Å². The third kappa shape index (κ3) is 2.99. The topological polar surface area (TPSA) is 46.1 Å². The highest BCUT2D eigenvalue weighted by Crippen LogP contribution is 2.36. The van der Waals surface area contributed by atoms with E-state index in [2.05, 4.69) is 0 Å². The summed E-state index contributed by atoms with van der Waals surface area (Å²) in [5.74, 6) is 2.78. The maximum absolute atomic E-state index is 13.7. The lowest BCUT2D eigenvalue weighted by Crippen LogP contribution is -2.12. The van der Waals surface area contributed by atoms with E-state index in [1.807, 2.05) is 0 Å². The van der Waals surface area contributed by atoms with Crippen LogP contribution in [0.4, 0.5) is 27.6 Å². The normalized spacial score (nSPS) is 11.5. The molecular weight excluding hydrogens is 295 g/mol. The smallest absolute Gasteiger partial charge is 0.206 e. The van der Waals surface area contributed by atoms with Crippen molar-refractivity contribution in [1.29, 1.82) is 0 Å². The van der Waals surface area contributed by atoms with Crippen LogP contribution in [-0.4, -0.2) is 4.87 Å². The van der Waals surface area contributed by atoms with E-state index in [9.17, 15) is 26.9 Å². The van der Waals surface area contributed by atoms with E-state index < -0.39 is 40.2 Å². The quantitative estimate of drug-likeness (QED) is 0.395. The number of hydrogen-bond donors (Lipinski definition) is 1. The number of halogens is 5. The first-order valence-corrected chi connectivity index (χ1v) is 5.59. The second-order valence-electron chi connectivity index (χ2n) is 4.19. The first kappa shape index (κ1) is 14.9. The van der Waals surface area contributed by atoms with Crippen LogP contribution in [0, 0.1) is 16.5 Å². The van der Waals surface area contributed by atoms with Gasteiger partial charge in [0.2, 0.25) is 0 Å². The summed E-state index contributed by atoms with van der Waals surface area (Å²) in [5.41, 5.74) is -2.89. The molecule has 0 aromatic heterocycles. The van der Waals surface area contributed by atoms with Crippen molar-refractivity contribution in [3.8, 4) is 11.1 Å². The minimum absolute atomic E-state index is 0.308. The molecule has 0 amide bonds. The van der Waals surface area contributed by atoms with Crippen LogP contribution in [0.3, 0.4) is 0 Å². The number of hydrazine groups is 1. The maximum Gasteiger partial charge on any atom is 0.416 e. The highest BCUT2D eigenvalue weighted by Gasteiger charge is 2.33. The largest absolute Gasteiger partial charge is 0.416 e. The summed E-state index contributed by atoms with van der Waals surface area (Å²) in [4.78, 5) is 10.7. The van der Waals surface area contributed by atoms with Gasteiger partial charge in [-0.25, -0.2) is 8.78 Å². The Morgan fingerprint density at radius 1 is 1.00 bits per heavy atom. The number of rotatable bonds is 2. The van der Waals surface area contributed by atoms with Crippen molar-refractivity contribution in [1.82, 2.24) is 0 Å². The molecule has 0 spiro atoms. The lowest BCUT2D eigenvalue weighted by Gasteiger charge is -2.10. The summed E-state index contributed by atoms with van der Waals surface area (Å²) in [6.45, 7) is 0. The fourth-order valence-corrected chi connectivity index (χ4v) is 1.82. The first-order chi connectivity index (χ1) is 9.70. The van der Waals surface area contributed by atoms with E-state index in [1.165, 1.54) is 0 Å². The maximum atomic E-state index is 13.7. The Bertz CT molecular complexity index is 692. The van der Waals surface area contributed by atoms with Crippen molar-refractivity contribution in [2.45, 2.75) is 6.18 Å².